The molecule has 27 heavy (non-hydrogen) atoms. The van der Waals surface area contributed by atoms with E-state index in [-0.39, 0.29) is 22.8 Å². The van der Waals surface area contributed by atoms with Gasteiger partial charge in [-0.25, -0.2) is 4.79 Å². The Bertz CT molecular complexity index is 961. The molecular formula is C22H22N2O3. The number of carboxylic acid groups (broad SMARTS) is 1. The summed E-state index contributed by atoms with van der Waals surface area (Å²) in [5.74, 6) is -0.848. The Kier molecular flexibility index (Phi) is 4.02. The molecule has 138 valence electrons. The first kappa shape index (κ1) is 17.3. The van der Waals surface area contributed by atoms with Gasteiger partial charge in [-0.3, -0.25) is 4.79 Å². The lowest BCUT2D eigenvalue weighted by molar-refractivity contribution is -0.118. The number of hydrogen-bond acceptors (Lipinski definition) is 4. The first-order chi connectivity index (χ1) is 12.8. The van der Waals surface area contributed by atoms with Gasteiger partial charge in [0.2, 0.25) is 0 Å². The summed E-state index contributed by atoms with van der Waals surface area (Å²) in [6.07, 6.45) is 1.23. The third-order valence-corrected chi connectivity index (χ3v) is 5.19. The highest BCUT2D eigenvalue weighted by Crippen LogP contribution is 2.45. The highest BCUT2D eigenvalue weighted by molar-refractivity contribution is 6.01. The van der Waals surface area contributed by atoms with Crippen LogP contribution >= 0.6 is 0 Å². The van der Waals surface area contributed by atoms with Gasteiger partial charge >= 0.3 is 5.97 Å². The minimum absolute atomic E-state index is 0.126. The zero-order valence-electron chi connectivity index (χ0n) is 15.4. The molecule has 1 aliphatic carbocycles. The van der Waals surface area contributed by atoms with E-state index >= 15 is 0 Å². The largest absolute Gasteiger partial charge is 0.478 e. The number of ketones is 1. The quantitative estimate of drug-likeness (QED) is 0.727. The minimum Gasteiger partial charge on any atom is -0.478 e. The molecule has 0 amide bonds. The van der Waals surface area contributed by atoms with E-state index in [4.69, 9.17) is 0 Å². The lowest BCUT2D eigenvalue weighted by Gasteiger charge is -2.34. The summed E-state index contributed by atoms with van der Waals surface area (Å²) >= 11 is 0. The molecule has 2 aliphatic rings. The Labute approximate surface area is 158 Å². The molecule has 0 saturated heterocycles. The maximum Gasteiger partial charge on any atom is 0.335 e. The van der Waals surface area contributed by atoms with E-state index in [0.29, 0.717) is 12.1 Å². The van der Waals surface area contributed by atoms with Crippen LogP contribution in [0.4, 0.5) is 11.4 Å². The lowest BCUT2D eigenvalue weighted by Crippen LogP contribution is -2.31. The van der Waals surface area contributed by atoms with Crippen LogP contribution in [0.1, 0.15) is 48.7 Å². The van der Waals surface area contributed by atoms with Crippen LogP contribution in [0.15, 0.2) is 59.8 Å². The van der Waals surface area contributed by atoms with Crippen LogP contribution in [-0.4, -0.2) is 16.9 Å². The average molecular weight is 362 g/mol. The van der Waals surface area contributed by atoms with Gasteiger partial charge in [0.25, 0.3) is 0 Å². The molecule has 3 N–H and O–H groups in total. The number of benzene rings is 2. The van der Waals surface area contributed by atoms with Gasteiger partial charge in [-0.15, -0.1) is 0 Å². The van der Waals surface area contributed by atoms with Gasteiger partial charge in [-0.1, -0.05) is 44.2 Å². The molecule has 0 radical (unpaired) electrons. The number of Topliss-reactive ketones (excluding diaryl/α,β-unsaturated/α-hetero) is 1. The Hall–Kier alpha value is -3.08. The van der Waals surface area contributed by atoms with Crippen molar-refractivity contribution in [2.45, 2.75) is 32.7 Å². The first-order valence-corrected chi connectivity index (χ1v) is 9.06. The van der Waals surface area contributed by atoms with Crippen LogP contribution in [0.25, 0.3) is 0 Å². The molecule has 0 fully saturated rings. The topological polar surface area (TPSA) is 78.4 Å². The van der Waals surface area contributed by atoms with Crippen molar-refractivity contribution in [2.24, 2.45) is 5.41 Å². The zero-order valence-corrected chi connectivity index (χ0v) is 15.4. The summed E-state index contributed by atoms with van der Waals surface area (Å²) in [4.78, 5) is 24.5. The summed E-state index contributed by atoms with van der Waals surface area (Å²) in [6.45, 7) is 4.17. The number of aromatic carboxylic acids is 1. The Morgan fingerprint density at radius 1 is 1.07 bits per heavy atom. The highest BCUT2D eigenvalue weighted by atomic mass is 16.4. The number of nitrogens with one attached hydrogen (secondary N) is 2. The van der Waals surface area contributed by atoms with Crippen LogP contribution in [0.2, 0.25) is 0 Å². The molecule has 5 heteroatoms. The number of anilines is 2. The van der Waals surface area contributed by atoms with Crippen LogP contribution in [-0.2, 0) is 4.79 Å². The molecule has 5 nitrogen and oxygen atoms in total. The average Bonchev–Trinajstić information content (AvgIpc) is 2.77. The number of carbonyl (C=O) groups is 2. The van der Waals surface area contributed by atoms with Crippen LogP contribution < -0.4 is 10.6 Å². The molecule has 0 saturated carbocycles. The Balaban J connectivity index is 1.88. The second-order valence-corrected chi connectivity index (χ2v) is 8.01. The third-order valence-electron chi connectivity index (χ3n) is 5.19. The summed E-state index contributed by atoms with van der Waals surface area (Å²) in [5, 5.41) is 16.2. The van der Waals surface area contributed by atoms with Crippen molar-refractivity contribution in [3.63, 3.8) is 0 Å². The lowest BCUT2D eigenvalue weighted by atomic mass is 9.73. The van der Waals surface area contributed by atoms with Crippen LogP contribution in [0, 0.1) is 5.41 Å². The summed E-state index contributed by atoms with van der Waals surface area (Å²) < 4.78 is 0. The van der Waals surface area contributed by atoms with Crippen LogP contribution in [0.3, 0.4) is 0 Å². The van der Waals surface area contributed by atoms with Crippen molar-refractivity contribution in [3.05, 3.63) is 70.9 Å². The van der Waals surface area contributed by atoms with E-state index in [9.17, 15) is 14.7 Å². The van der Waals surface area contributed by atoms with Crippen molar-refractivity contribution < 1.29 is 14.7 Å². The van der Waals surface area contributed by atoms with Gasteiger partial charge in [0.15, 0.2) is 5.78 Å². The van der Waals surface area contributed by atoms with E-state index in [2.05, 4.69) is 24.5 Å². The number of hydrogen-bond donors (Lipinski definition) is 3. The third kappa shape index (κ3) is 3.21. The van der Waals surface area contributed by atoms with E-state index in [1.807, 2.05) is 30.3 Å². The molecule has 2 aromatic carbocycles. The van der Waals surface area contributed by atoms with E-state index in [1.54, 1.807) is 18.2 Å². The van der Waals surface area contributed by atoms with E-state index in [1.165, 1.54) is 0 Å². The van der Waals surface area contributed by atoms with Gasteiger partial charge in [0.05, 0.1) is 23.0 Å². The van der Waals surface area contributed by atoms with Crippen LogP contribution in [0.5, 0.6) is 0 Å². The number of rotatable bonds is 2. The predicted molar refractivity (Wildman–Crippen MR) is 105 cm³/mol. The molecule has 1 heterocycles. The number of carbonyl (C=O) groups excluding carboxylic acids is 1. The predicted octanol–water partition coefficient (Wildman–Crippen LogP) is 4.61. The summed E-state index contributed by atoms with van der Waals surface area (Å²) in [5.41, 5.74) is 4.17. The van der Waals surface area contributed by atoms with Gasteiger partial charge < -0.3 is 15.7 Å². The van der Waals surface area contributed by atoms with Crippen molar-refractivity contribution in [2.75, 3.05) is 10.6 Å². The fourth-order valence-electron chi connectivity index (χ4n) is 3.97. The number of fused-ring (bicyclic) bond motifs is 1. The molecule has 4 rings (SSSR count). The normalized spacial score (nSPS) is 20.7. The zero-order chi connectivity index (χ0) is 19.2. The van der Waals surface area contributed by atoms with Crippen molar-refractivity contribution in [1.82, 2.24) is 0 Å². The summed E-state index contributed by atoms with van der Waals surface area (Å²) in [6, 6.07) is 14.6. The SMILES string of the molecule is CC1(C)CC(=O)C2=C(C1)Nc1cc(C(=O)O)ccc1NC2c1ccccc1. The monoisotopic (exact) mass is 362 g/mol. The Morgan fingerprint density at radius 3 is 2.52 bits per heavy atom. The fraction of sp³-hybridized carbons (Fsp3) is 0.273. The smallest absolute Gasteiger partial charge is 0.335 e. The standard InChI is InChI=1S/C22H22N2O3/c1-22(2)11-17-19(18(25)12-22)20(13-6-4-3-5-7-13)24-15-9-8-14(21(26)27)10-16(15)23-17/h3-10,20,23-24H,11-12H2,1-2H3,(H,26,27). The fourth-order valence-corrected chi connectivity index (χ4v) is 3.97. The van der Waals surface area contributed by atoms with Gasteiger partial charge in [0, 0.05) is 17.7 Å². The molecule has 0 aromatic heterocycles. The molecule has 2 aromatic rings. The Morgan fingerprint density at radius 2 is 1.81 bits per heavy atom. The molecule has 0 bridgehead atoms. The van der Waals surface area contributed by atoms with Crippen molar-refractivity contribution >= 4 is 23.1 Å². The maximum atomic E-state index is 13.1. The molecule has 1 aliphatic heterocycles. The molecule has 1 atom stereocenters. The minimum atomic E-state index is -0.974. The van der Waals surface area contributed by atoms with E-state index in [0.717, 1.165) is 28.9 Å². The van der Waals surface area contributed by atoms with Gasteiger partial charge in [-0.05, 0) is 35.6 Å². The van der Waals surface area contributed by atoms with Crippen molar-refractivity contribution in [3.8, 4) is 0 Å². The van der Waals surface area contributed by atoms with Gasteiger partial charge in [0.1, 0.15) is 0 Å². The molecule has 0 spiro atoms. The second kappa shape index (κ2) is 6.27. The number of allylic oxidation sites excluding steroid dienone is 1. The highest BCUT2D eigenvalue weighted by Gasteiger charge is 2.38. The number of carboxylic acids is 1. The second-order valence-electron chi connectivity index (χ2n) is 8.01. The molecular weight excluding hydrogens is 340 g/mol. The van der Waals surface area contributed by atoms with Crippen molar-refractivity contribution in [1.29, 1.82) is 0 Å². The molecule has 1 unspecified atom stereocenters. The first-order valence-electron chi connectivity index (χ1n) is 9.06. The maximum absolute atomic E-state index is 13.1. The van der Waals surface area contributed by atoms with Gasteiger partial charge in [-0.2, -0.15) is 0 Å². The summed E-state index contributed by atoms with van der Waals surface area (Å²) in [7, 11) is 0. The van der Waals surface area contributed by atoms with E-state index < -0.39 is 5.97 Å².